The molecule has 0 bridgehead atoms. The van der Waals surface area contributed by atoms with Gasteiger partial charge in [0.05, 0.1) is 6.10 Å². The highest BCUT2D eigenvalue weighted by atomic mass is 35.5. The summed E-state index contributed by atoms with van der Waals surface area (Å²) in [6, 6.07) is 5.71. The molecular formula is C17H25Cl2NO. The zero-order valence-electron chi connectivity index (χ0n) is 13.1. The number of hydrogen-bond donors (Lipinski definition) is 1. The third-order valence-electron chi connectivity index (χ3n) is 4.41. The highest BCUT2D eigenvalue weighted by molar-refractivity contribution is 6.33. The molecule has 1 aromatic carbocycles. The van der Waals surface area contributed by atoms with Gasteiger partial charge in [-0.2, -0.15) is 0 Å². The van der Waals surface area contributed by atoms with Crippen LogP contribution in [0.1, 0.15) is 32.8 Å². The number of nitrogens with one attached hydrogen (secondary N) is 1. The molecule has 2 nitrogen and oxygen atoms in total. The van der Waals surface area contributed by atoms with Crippen LogP contribution in [0.3, 0.4) is 0 Å². The second kappa shape index (κ2) is 7.32. The molecule has 1 aromatic rings. The molecule has 21 heavy (non-hydrogen) atoms. The van der Waals surface area contributed by atoms with Crippen molar-refractivity contribution in [1.82, 2.24) is 5.32 Å². The van der Waals surface area contributed by atoms with Crippen molar-refractivity contribution in [2.75, 3.05) is 19.7 Å². The summed E-state index contributed by atoms with van der Waals surface area (Å²) in [7, 11) is 0. The van der Waals surface area contributed by atoms with Crippen molar-refractivity contribution in [3.63, 3.8) is 0 Å². The minimum atomic E-state index is 0.100. The Bertz CT molecular complexity index is 478. The molecule has 2 atom stereocenters. The van der Waals surface area contributed by atoms with Gasteiger partial charge in [0.15, 0.2) is 0 Å². The molecule has 1 aliphatic heterocycles. The summed E-state index contributed by atoms with van der Waals surface area (Å²) in [5, 5.41) is 5.13. The van der Waals surface area contributed by atoms with E-state index in [1.807, 2.05) is 18.2 Å². The normalized spacial score (nSPS) is 25.7. The Kier molecular flexibility index (Phi) is 5.96. The van der Waals surface area contributed by atoms with Crippen LogP contribution in [0.4, 0.5) is 0 Å². The molecule has 0 saturated carbocycles. The lowest BCUT2D eigenvalue weighted by atomic mass is 9.76. The van der Waals surface area contributed by atoms with Gasteiger partial charge >= 0.3 is 0 Å². The van der Waals surface area contributed by atoms with Crippen molar-refractivity contribution >= 4 is 23.2 Å². The highest BCUT2D eigenvalue weighted by Gasteiger charge is 2.41. The first-order chi connectivity index (χ1) is 9.93. The molecule has 1 heterocycles. The Hall–Kier alpha value is -0.280. The Morgan fingerprint density at radius 2 is 2.14 bits per heavy atom. The quantitative estimate of drug-likeness (QED) is 0.824. The molecule has 4 heteroatoms. The van der Waals surface area contributed by atoms with Gasteiger partial charge in [-0.25, -0.2) is 0 Å². The van der Waals surface area contributed by atoms with Crippen LogP contribution in [0, 0.1) is 11.3 Å². The Morgan fingerprint density at radius 3 is 2.76 bits per heavy atom. The summed E-state index contributed by atoms with van der Waals surface area (Å²) >= 11 is 12.5. The van der Waals surface area contributed by atoms with Crippen molar-refractivity contribution in [2.45, 2.75) is 39.7 Å². The number of halogens is 2. The van der Waals surface area contributed by atoms with E-state index in [2.05, 4.69) is 26.1 Å². The topological polar surface area (TPSA) is 21.3 Å². The van der Waals surface area contributed by atoms with Crippen molar-refractivity contribution in [2.24, 2.45) is 11.3 Å². The van der Waals surface area contributed by atoms with Gasteiger partial charge in [0.2, 0.25) is 0 Å². The van der Waals surface area contributed by atoms with Gasteiger partial charge in [-0.05, 0) is 56.0 Å². The summed E-state index contributed by atoms with van der Waals surface area (Å²) < 4.78 is 5.85. The molecule has 1 N–H and O–H groups in total. The average Bonchev–Trinajstić information content (AvgIpc) is 2.75. The van der Waals surface area contributed by atoms with Crippen LogP contribution in [0.2, 0.25) is 10.0 Å². The van der Waals surface area contributed by atoms with Gasteiger partial charge in [-0.1, -0.05) is 37.0 Å². The fraction of sp³-hybridized carbons (Fsp3) is 0.647. The maximum atomic E-state index is 6.35. The number of benzene rings is 1. The molecule has 2 rings (SSSR count). The Balaban J connectivity index is 2.14. The van der Waals surface area contributed by atoms with E-state index in [1.54, 1.807) is 0 Å². The summed E-state index contributed by atoms with van der Waals surface area (Å²) in [6.07, 6.45) is 2.19. The smallest absolute Gasteiger partial charge is 0.0619 e. The van der Waals surface area contributed by atoms with Gasteiger partial charge in [0, 0.05) is 28.6 Å². The average molecular weight is 330 g/mol. The van der Waals surface area contributed by atoms with E-state index in [-0.39, 0.29) is 11.5 Å². The van der Waals surface area contributed by atoms with Crippen LogP contribution >= 0.6 is 23.2 Å². The second-order valence-corrected chi connectivity index (χ2v) is 7.41. The molecule has 1 fully saturated rings. The van der Waals surface area contributed by atoms with E-state index in [0.717, 1.165) is 48.1 Å². The van der Waals surface area contributed by atoms with Crippen molar-refractivity contribution < 1.29 is 4.74 Å². The molecule has 0 aromatic heterocycles. The van der Waals surface area contributed by atoms with E-state index in [4.69, 9.17) is 27.9 Å². The van der Waals surface area contributed by atoms with Gasteiger partial charge in [-0.15, -0.1) is 0 Å². The Morgan fingerprint density at radius 1 is 1.38 bits per heavy atom. The predicted octanol–water partition coefficient (Wildman–Crippen LogP) is 4.58. The van der Waals surface area contributed by atoms with E-state index < -0.39 is 0 Å². The zero-order valence-corrected chi connectivity index (χ0v) is 14.6. The lowest BCUT2D eigenvalue weighted by molar-refractivity contribution is 0.0627. The molecule has 2 unspecified atom stereocenters. The van der Waals surface area contributed by atoms with E-state index in [0.29, 0.717) is 5.92 Å². The predicted molar refractivity (Wildman–Crippen MR) is 90.3 cm³/mol. The first-order valence-corrected chi connectivity index (χ1v) is 8.45. The van der Waals surface area contributed by atoms with Crippen LogP contribution < -0.4 is 5.32 Å². The standard InChI is InChI=1S/C17H25Cl2NO/c1-12(2)10-20-11-17(6-7-21-13(17)3)9-14-8-15(18)4-5-16(14)19/h4-5,8,12-13,20H,6-7,9-11H2,1-3H3. The van der Waals surface area contributed by atoms with Gasteiger partial charge < -0.3 is 10.1 Å². The SMILES string of the molecule is CC(C)CNCC1(Cc2cc(Cl)ccc2Cl)CCOC1C. The fourth-order valence-electron chi connectivity index (χ4n) is 3.01. The minimum Gasteiger partial charge on any atom is -0.378 e. The van der Waals surface area contributed by atoms with Crippen LogP contribution in [0.5, 0.6) is 0 Å². The zero-order chi connectivity index (χ0) is 15.5. The molecule has 0 radical (unpaired) electrons. The maximum absolute atomic E-state index is 6.35. The van der Waals surface area contributed by atoms with Crippen LogP contribution in [0.25, 0.3) is 0 Å². The largest absolute Gasteiger partial charge is 0.378 e. The fourth-order valence-corrected chi connectivity index (χ4v) is 3.39. The number of hydrogen-bond acceptors (Lipinski definition) is 2. The lowest BCUT2D eigenvalue weighted by Crippen LogP contribution is -2.42. The summed E-state index contributed by atoms with van der Waals surface area (Å²) in [5.41, 5.74) is 1.22. The summed E-state index contributed by atoms with van der Waals surface area (Å²) in [6.45, 7) is 9.42. The van der Waals surface area contributed by atoms with Crippen LogP contribution in [0.15, 0.2) is 18.2 Å². The van der Waals surface area contributed by atoms with Gasteiger partial charge in [-0.3, -0.25) is 0 Å². The van der Waals surface area contributed by atoms with Crippen LogP contribution in [-0.4, -0.2) is 25.8 Å². The summed E-state index contributed by atoms with van der Waals surface area (Å²) in [5.74, 6) is 0.648. The third kappa shape index (κ3) is 4.35. The summed E-state index contributed by atoms with van der Waals surface area (Å²) in [4.78, 5) is 0. The number of ether oxygens (including phenoxy) is 1. The first-order valence-electron chi connectivity index (χ1n) is 7.69. The van der Waals surface area contributed by atoms with Crippen molar-refractivity contribution in [3.8, 4) is 0 Å². The molecule has 0 amide bonds. The molecular weight excluding hydrogens is 305 g/mol. The maximum Gasteiger partial charge on any atom is 0.0619 e. The number of rotatable bonds is 6. The van der Waals surface area contributed by atoms with E-state index in [9.17, 15) is 0 Å². The van der Waals surface area contributed by atoms with Crippen molar-refractivity contribution in [3.05, 3.63) is 33.8 Å². The minimum absolute atomic E-state index is 0.100. The molecule has 0 aliphatic carbocycles. The van der Waals surface area contributed by atoms with E-state index in [1.165, 1.54) is 0 Å². The molecule has 1 saturated heterocycles. The van der Waals surface area contributed by atoms with E-state index >= 15 is 0 Å². The molecule has 0 spiro atoms. The highest BCUT2D eigenvalue weighted by Crippen LogP contribution is 2.39. The lowest BCUT2D eigenvalue weighted by Gasteiger charge is -2.33. The molecule has 1 aliphatic rings. The van der Waals surface area contributed by atoms with Gasteiger partial charge in [0.25, 0.3) is 0 Å². The van der Waals surface area contributed by atoms with Crippen molar-refractivity contribution in [1.29, 1.82) is 0 Å². The first kappa shape index (κ1) is 17.1. The third-order valence-corrected chi connectivity index (χ3v) is 5.01. The second-order valence-electron chi connectivity index (χ2n) is 6.56. The van der Waals surface area contributed by atoms with Crippen LogP contribution in [-0.2, 0) is 11.2 Å². The van der Waals surface area contributed by atoms with Gasteiger partial charge in [0.1, 0.15) is 0 Å². The molecule has 118 valence electrons. The monoisotopic (exact) mass is 329 g/mol. The Labute approximate surface area is 138 Å².